The largest absolute Gasteiger partial charge is 0.390 e. The van der Waals surface area contributed by atoms with Crippen molar-refractivity contribution in [1.29, 1.82) is 0 Å². The number of aliphatic hydroxyl groups excluding tert-OH is 1. The quantitative estimate of drug-likeness (QED) is 0.675. The lowest BCUT2D eigenvalue weighted by Crippen LogP contribution is -2.42. The molecule has 0 spiro atoms. The number of rotatable bonds is 1. The predicted octanol–water partition coefficient (Wildman–Crippen LogP) is 1.96. The van der Waals surface area contributed by atoms with Crippen LogP contribution in [0.15, 0.2) is 0 Å². The zero-order valence-corrected chi connectivity index (χ0v) is 9.00. The average molecular weight is 184 g/mol. The van der Waals surface area contributed by atoms with Crippen LogP contribution in [0.4, 0.5) is 0 Å². The van der Waals surface area contributed by atoms with Crippen molar-refractivity contribution in [2.45, 2.75) is 57.8 Å². The van der Waals surface area contributed by atoms with Crippen LogP contribution in [0.3, 0.4) is 0 Å². The van der Waals surface area contributed by atoms with Crippen molar-refractivity contribution in [3.63, 3.8) is 0 Å². The highest BCUT2D eigenvalue weighted by atomic mass is 16.6. The Kier molecular flexibility index (Phi) is 1.81. The van der Waals surface area contributed by atoms with E-state index in [9.17, 15) is 5.11 Å². The first kappa shape index (κ1) is 9.47. The zero-order valence-electron chi connectivity index (χ0n) is 9.00. The van der Waals surface area contributed by atoms with Gasteiger partial charge in [0.2, 0.25) is 0 Å². The molecule has 1 N–H and O–H groups in total. The maximum atomic E-state index is 9.89. The Morgan fingerprint density at radius 1 is 1.38 bits per heavy atom. The van der Waals surface area contributed by atoms with Gasteiger partial charge in [0.1, 0.15) is 0 Å². The fourth-order valence-electron chi connectivity index (χ4n) is 3.24. The molecule has 13 heavy (non-hydrogen) atoms. The van der Waals surface area contributed by atoms with E-state index in [0.29, 0.717) is 11.8 Å². The molecule has 2 rings (SSSR count). The summed E-state index contributed by atoms with van der Waals surface area (Å²) >= 11 is 0. The van der Waals surface area contributed by atoms with Gasteiger partial charge in [0.05, 0.1) is 17.3 Å². The number of aliphatic hydroxyl groups is 1. The van der Waals surface area contributed by atoms with Gasteiger partial charge in [-0.05, 0) is 25.2 Å². The molecule has 0 aromatic rings. The molecule has 2 heterocycles. The number of hydrogen-bond acceptors (Lipinski definition) is 2. The monoisotopic (exact) mass is 184 g/mol. The van der Waals surface area contributed by atoms with Gasteiger partial charge >= 0.3 is 0 Å². The predicted molar refractivity (Wildman–Crippen MR) is 51.5 cm³/mol. The molecule has 2 bridgehead atoms. The SMILES string of the molecule is CC(C)[C@@]12C[C@H](O)[C@@](C)(C[C@H]1C)O2. The van der Waals surface area contributed by atoms with Crippen LogP contribution in [-0.2, 0) is 4.74 Å². The standard InChI is InChI=1S/C11H20O2/c1-7(2)11-6-9(12)10(4,13-11)5-8(11)3/h7-9,12H,5-6H2,1-4H3/t8-,9+,10-,11+/m1/s1. The second-order valence-electron chi connectivity index (χ2n) is 5.35. The van der Waals surface area contributed by atoms with Crippen molar-refractivity contribution in [2.24, 2.45) is 11.8 Å². The molecule has 2 nitrogen and oxygen atoms in total. The zero-order chi connectivity index (χ0) is 9.85. The van der Waals surface area contributed by atoms with Gasteiger partial charge in [-0.1, -0.05) is 20.8 Å². The molecule has 0 amide bonds. The molecule has 0 aromatic heterocycles. The molecular weight excluding hydrogens is 164 g/mol. The fraction of sp³-hybridized carbons (Fsp3) is 1.00. The number of hydrogen-bond donors (Lipinski definition) is 1. The molecule has 2 aliphatic rings. The number of fused-ring (bicyclic) bond motifs is 2. The first-order valence-corrected chi connectivity index (χ1v) is 5.29. The van der Waals surface area contributed by atoms with E-state index in [0.717, 1.165) is 12.8 Å². The third-order valence-electron chi connectivity index (χ3n) is 4.16. The molecule has 2 saturated heterocycles. The highest BCUT2D eigenvalue weighted by Gasteiger charge is 2.63. The van der Waals surface area contributed by atoms with E-state index in [2.05, 4.69) is 20.8 Å². The lowest BCUT2D eigenvalue weighted by atomic mass is 9.69. The second kappa shape index (κ2) is 2.48. The van der Waals surface area contributed by atoms with Crippen molar-refractivity contribution in [1.82, 2.24) is 0 Å². The van der Waals surface area contributed by atoms with Crippen molar-refractivity contribution >= 4 is 0 Å². The summed E-state index contributed by atoms with van der Waals surface area (Å²) in [4.78, 5) is 0. The Morgan fingerprint density at radius 2 is 2.00 bits per heavy atom. The minimum absolute atomic E-state index is 0.0475. The van der Waals surface area contributed by atoms with Crippen LogP contribution in [0.1, 0.15) is 40.5 Å². The Labute approximate surface area is 80.3 Å². The Hall–Kier alpha value is -0.0800. The molecule has 2 heteroatoms. The van der Waals surface area contributed by atoms with Crippen LogP contribution in [0.5, 0.6) is 0 Å². The molecule has 0 unspecified atom stereocenters. The molecule has 0 radical (unpaired) electrons. The van der Waals surface area contributed by atoms with Gasteiger partial charge in [-0.3, -0.25) is 0 Å². The summed E-state index contributed by atoms with van der Waals surface area (Å²) in [6.07, 6.45) is 1.57. The molecule has 0 aliphatic carbocycles. The average Bonchev–Trinajstić information content (AvgIpc) is 2.37. The van der Waals surface area contributed by atoms with E-state index in [1.165, 1.54) is 0 Å². The smallest absolute Gasteiger partial charge is 0.0924 e. The van der Waals surface area contributed by atoms with Crippen LogP contribution in [0.2, 0.25) is 0 Å². The summed E-state index contributed by atoms with van der Waals surface area (Å²) < 4.78 is 6.08. The van der Waals surface area contributed by atoms with Crippen LogP contribution in [0, 0.1) is 11.8 Å². The minimum Gasteiger partial charge on any atom is -0.390 e. The first-order chi connectivity index (χ1) is 5.91. The van der Waals surface area contributed by atoms with Gasteiger partial charge in [-0.25, -0.2) is 0 Å². The van der Waals surface area contributed by atoms with Gasteiger partial charge in [-0.15, -0.1) is 0 Å². The van der Waals surface area contributed by atoms with E-state index in [1.54, 1.807) is 0 Å². The third kappa shape index (κ3) is 1.02. The lowest BCUT2D eigenvalue weighted by Gasteiger charge is -2.35. The summed E-state index contributed by atoms with van der Waals surface area (Å²) in [7, 11) is 0. The Bertz CT molecular complexity index is 226. The summed E-state index contributed by atoms with van der Waals surface area (Å²) in [5, 5.41) is 9.89. The topological polar surface area (TPSA) is 29.5 Å². The Morgan fingerprint density at radius 3 is 2.31 bits per heavy atom. The van der Waals surface area contributed by atoms with E-state index in [4.69, 9.17) is 4.74 Å². The van der Waals surface area contributed by atoms with Crippen molar-refractivity contribution < 1.29 is 9.84 Å². The molecule has 76 valence electrons. The molecule has 2 fully saturated rings. The van der Waals surface area contributed by atoms with Crippen LogP contribution >= 0.6 is 0 Å². The molecular formula is C11H20O2. The van der Waals surface area contributed by atoms with Gasteiger partial charge < -0.3 is 9.84 Å². The van der Waals surface area contributed by atoms with E-state index in [-0.39, 0.29) is 17.3 Å². The molecule has 2 aliphatic heterocycles. The van der Waals surface area contributed by atoms with Crippen LogP contribution < -0.4 is 0 Å². The van der Waals surface area contributed by atoms with Gasteiger partial charge in [0, 0.05) is 6.42 Å². The molecule has 0 saturated carbocycles. The highest BCUT2D eigenvalue weighted by Crippen LogP contribution is 2.56. The summed E-state index contributed by atoms with van der Waals surface area (Å²) in [6, 6.07) is 0. The van der Waals surface area contributed by atoms with Crippen molar-refractivity contribution in [3.05, 3.63) is 0 Å². The van der Waals surface area contributed by atoms with Gasteiger partial charge in [0.15, 0.2) is 0 Å². The second-order valence-corrected chi connectivity index (χ2v) is 5.35. The highest BCUT2D eigenvalue weighted by molar-refractivity contribution is 5.12. The van der Waals surface area contributed by atoms with Gasteiger partial charge in [-0.2, -0.15) is 0 Å². The number of ether oxygens (including phenoxy) is 1. The van der Waals surface area contributed by atoms with E-state index < -0.39 is 0 Å². The fourth-order valence-corrected chi connectivity index (χ4v) is 3.24. The van der Waals surface area contributed by atoms with Crippen molar-refractivity contribution in [2.75, 3.05) is 0 Å². The normalized spacial score (nSPS) is 54.9. The summed E-state index contributed by atoms with van der Waals surface area (Å²) in [6.45, 7) is 8.68. The van der Waals surface area contributed by atoms with E-state index in [1.807, 2.05) is 6.92 Å². The first-order valence-electron chi connectivity index (χ1n) is 5.29. The maximum absolute atomic E-state index is 9.89. The molecule has 4 atom stereocenters. The van der Waals surface area contributed by atoms with Crippen molar-refractivity contribution in [3.8, 4) is 0 Å². The Balaban J connectivity index is 2.32. The van der Waals surface area contributed by atoms with E-state index >= 15 is 0 Å². The third-order valence-corrected chi connectivity index (χ3v) is 4.16. The molecule has 0 aromatic carbocycles. The van der Waals surface area contributed by atoms with Crippen LogP contribution in [0.25, 0.3) is 0 Å². The summed E-state index contributed by atoms with van der Waals surface area (Å²) in [5.41, 5.74) is -0.308. The minimum atomic E-state index is -0.260. The van der Waals surface area contributed by atoms with Gasteiger partial charge in [0.25, 0.3) is 0 Å². The van der Waals surface area contributed by atoms with Crippen LogP contribution in [-0.4, -0.2) is 22.4 Å². The summed E-state index contributed by atoms with van der Waals surface area (Å²) in [5.74, 6) is 1.09. The maximum Gasteiger partial charge on any atom is 0.0924 e. The lowest BCUT2D eigenvalue weighted by molar-refractivity contribution is -0.0870.